The van der Waals surface area contributed by atoms with Crippen molar-refractivity contribution in [3.8, 4) is 5.75 Å². The maximum atomic E-state index is 13.0. The molecule has 0 aliphatic carbocycles. The number of aliphatic hydroxyl groups is 1. The molecular weight excluding hydrogens is 457 g/mol. The van der Waals surface area contributed by atoms with Crippen LogP contribution >= 0.6 is 0 Å². The number of rotatable bonds is 22. The van der Waals surface area contributed by atoms with Crippen LogP contribution in [0.3, 0.4) is 0 Å². The van der Waals surface area contributed by atoms with Gasteiger partial charge >= 0.3 is 0 Å². The number of ether oxygens (including phenoxy) is 6. The van der Waals surface area contributed by atoms with Crippen LogP contribution in [0.2, 0.25) is 0 Å². The first kappa shape index (κ1) is 29.1. The summed E-state index contributed by atoms with van der Waals surface area (Å²) in [6.45, 7) is 6.87. The van der Waals surface area contributed by atoms with E-state index in [1.54, 1.807) is 12.1 Å². The monoisotopic (exact) mass is 495 g/mol. The molecule has 8 nitrogen and oxygen atoms in total. The van der Waals surface area contributed by atoms with Crippen molar-refractivity contribution < 1.29 is 37.9 Å². The van der Waals surface area contributed by atoms with E-state index in [2.05, 4.69) is 5.32 Å². The van der Waals surface area contributed by atoms with Crippen LogP contribution in [0.25, 0.3) is 0 Å². The summed E-state index contributed by atoms with van der Waals surface area (Å²) in [5, 5.41) is 11.9. The second-order valence-corrected chi connectivity index (χ2v) is 7.52. The van der Waals surface area contributed by atoms with Crippen LogP contribution in [0.5, 0.6) is 5.75 Å². The maximum Gasteiger partial charge on any atom is 0.123 e. The van der Waals surface area contributed by atoms with Gasteiger partial charge in [-0.15, -0.1) is 0 Å². The van der Waals surface area contributed by atoms with Crippen LogP contribution in [0.15, 0.2) is 48.5 Å². The van der Waals surface area contributed by atoms with Crippen LogP contribution < -0.4 is 10.1 Å². The van der Waals surface area contributed by atoms with Crippen LogP contribution in [0.1, 0.15) is 11.1 Å². The van der Waals surface area contributed by atoms with Gasteiger partial charge in [-0.25, -0.2) is 4.39 Å². The van der Waals surface area contributed by atoms with E-state index in [1.807, 2.05) is 24.3 Å². The molecule has 196 valence electrons. The Hall–Kier alpha value is -2.11. The average molecular weight is 496 g/mol. The molecule has 0 aliphatic rings. The molecule has 0 atom stereocenters. The van der Waals surface area contributed by atoms with Crippen LogP contribution in [-0.4, -0.2) is 84.3 Å². The van der Waals surface area contributed by atoms with Gasteiger partial charge in [0.05, 0.1) is 72.7 Å². The van der Waals surface area contributed by atoms with Gasteiger partial charge in [0.15, 0.2) is 0 Å². The molecule has 0 unspecified atom stereocenters. The minimum absolute atomic E-state index is 0.0268. The number of benzene rings is 2. The van der Waals surface area contributed by atoms with Gasteiger partial charge < -0.3 is 38.8 Å². The van der Waals surface area contributed by atoms with Gasteiger partial charge in [-0.05, 0) is 35.4 Å². The minimum Gasteiger partial charge on any atom is -0.489 e. The third-order valence-corrected chi connectivity index (χ3v) is 4.69. The summed E-state index contributed by atoms with van der Waals surface area (Å²) in [6.07, 6.45) is 0. The first-order valence-corrected chi connectivity index (χ1v) is 11.9. The van der Waals surface area contributed by atoms with Gasteiger partial charge in [-0.1, -0.05) is 24.3 Å². The van der Waals surface area contributed by atoms with Crippen molar-refractivity contribution in [2.24, 2.45) is 0 Å². The lowest BCUT2D eigenvalue weighted by molar-refractivity contribution is -0.0130. The SMILES string of the molecule is OCCOCCOCCOCCOCCOCCNCc1cccc(OCc2ccc(F)cc2)c1. The predicted molar refractivity (Wildman–Crippen MR) is 130 cm³/mol. The standard InChI is InChI=1S/C26H38FNO7/c27-25-6-4-23(5-7-25)22-35-26-3-1-2-24(20-26)21-28-8-10-30-12-14-32-16-18-34-19-17-33-15-13-31-11-9-29/h1-7,20,28-29H,8-19,21-22H2. The Morgan fingerprint density at radius 3 is 1.83 bits per heavy atom. The second kappa shape index (κ2) is 20.1. The highest BCUT2D eigenvalue weighted by molar-refractivity contribution is 5.29. The highest BCUT2D eigenvalue weighted by Crippen LogP contribution is 2.15. The molecule has 0 aromatic heterocycles. The Labute approximate surface area is 207 Å². The Morgan fingerprint density at radius 1 is 0.657 bits per heavy atom. The fraction of sp³-hybridized carbons (Fsp3) is 0.538. The summed E-state index contributed by atoms with van der Waals surface area (Å²) in [6, 6.07) is 14.2. The molecule has 2 N–H and O–H groups in total. The Bertz CT molecular complexity index is 764. The fourth-order valence-electron chi connectivity index (χ4n) is 2.92. The van der Waals surface area contributed by atoms with Crippen molar-refractivity contribution in [3.63, 3.8) is 0 Å². The molecule has 35 heavy (non-hydrogen) atoms. The summed E-state index contributed by atoms with van der Waals surface area (Å²) in [7, 11) is 0. The zero-order valence-electron chi connectivity index (χ0n) is 20.3. The van der Waals surface area contributed by atoms with E-state index < -0.39 is 0 Å². The number of hydrogen-bond acceptors (Lipinski definition) is 8. The molecule has 0 bridgehead atoms. The third-order valence-electron chi connectivity index (χ3n) is 4.69. The molecule has 0 aliphatic heterocycles. The lowest BCUT2D eigenvalue weighted by Crippen LogP contribution is -2.20. The van der Waals surface area contributed by atoms with Crippen LogP contribution in [-0.2, 0) is 36.8 Å². The van der Waals surface area contributed by atoms with Crippen molar-refractivity contribution in [1.82, 2.24) is 5.32 Å². The van der Waals surface area contributed by atoms with E-state index in [9.17, 15) is 4.39 Å². The van der Waals surface area contributed by atoms with E-state index in [-0.39, 0.29) is 12.4 Å². The topological polar surface area (TPSA) is 87.6 Å². The Kier molecular flexibility index (Phi) is 16.7. The van der Waals surface area contributed by atoms with Crippen molar-refractivity contribution >= 4 is 0 Å². The lowest BCUT2D eigenvalue weighted by Gasteiger charge is -2.10. The average Bonchev–Trinajstić information content (AvgIpc) is 2.88. The predicted octanol–water partition coefficient (Wildman–Crippen LogP) is 2.57. The number of nitrogens with one attached hydrogen (secondary N) is 1. The molecule has 0 fully saturated rings. The Morgan fingerprint density at radius 2 is 1.23 bits per heavy atom. The molecule has 0 amide bonds. The largest absolute Gasteiger partial charge is 0.489 e. The number of halogens is 1. The van der Waals surface area contributed by atoms with E-state index >= 15 is 0 Å². The third kappa shape index (κ3) is 15.5. The molecule has 9 heteroatoms. The van der Waals surface area contributed by atoms with E-state index in [0.29, 0.717) is 79.2 Å². The van der Waals surface area contributed by atoms with Gasteiger partial charge in [0, 0.05) is 13.1 Å². The molecule has 2 aromatic rings. The first-order chi connectivity index (χ1) is 17.3. The summed E-state index contributed by atoms with van der Waals surface area (Å²) < 4.78 is 45.6. The van der Waals surface area contributed by atoms with Gasteiger partial charge in [-0.2, -0.15) is 0 Å². The van der Waals surface area contributed by atoms with Crippen LogP contribution in [0.4, 0.5) is 4.39 Å². The number of hydrogen-bond donors (Lipinski definition) is 2. The lowest BCUT2D eigenvalue weighted by atomic mass is 10.2. The summed E-state index contributed by atoms with van der Waals surface area (Å²) in [4.78, 5) is 0. The smallest absolute Gasteiger partial charge is 0.123 e. The van der Waals surface area contributed by atoms with E-state index in [1.165, 1.54) is 12.1 Å². The zero-order chi connectivity index (χ0) is 24.8. The van der Waals surface area contributed by atoms with Gasteiger partial charge in [0.25, 0.3) is 0 Å². The molecule has 0 spiro atoms. The molecule has 0 heterocycles. The summed E-state index contributed by atoms with van der Waals surface area (Å²) in [5.41, 5.74) is 2.04. The van der Waals surface area contributed by atoms with Crippen molar-refractivity contribution in [3.05, 3.63) is 65.5 Å². The molecule has 0 saturated heterocycles. The quantitative estimate of drug-likeness (QED) is 0.241. The molecule has 2 rings (SSSR count). The molecule has 2 aromatic carbocycles. The van der Waals surface area contributed by atoms with Gasteiger partial charge in [-0.3, -0.25) is 0 Å². The second-order valence-electron chi connectivity index (χ2n) is 7.52. The normalized spacial score (nSPS) is 11.1. The summed E-state index contributed by atoms with van der Waals surface area (Å²) in [5.74, 6) is 0.530. The Balaban J connectivity index is 1.37. The van der Waals surface area contributed by atoms with Gasteiger partial charge in [0.2, 0.25) is 0 Å². The van der Waals surface area contributed by atoms with Gasteiger partial charge in [0.1, 0.15) is 18.2 Å². The van der Waals surface area contributed by atoms with Crippen LogP contribution in [0, 0.1) is 5.82 Å². The van der Waals surface area contributed by atoms with Crippen molar-refractivity contribution in [2.75, 3.05) is 79.2 Å². The first-order valence-electron chi connectivity index (χ1n) is 11.9. The van der Waals surface area contributed by atoms with Crippen molar-refractivity contribution in [2.45, 2.75) is 13.2 Å². The highest BCUT2D eigenvalue weighted by atomic mass is 19.1. The molecule has 0 saturated carbocycles. The van der Waals surface area contributed by atoms with Crippen molar-refractivity contribution in [1.29, 1.82) is 0 Å². The maximum absolute atomic E-state index is 13.0. The minimum atomic E-state index is -0.250. The summed E-state index contributed by atoms with van der Waals surface area (Å²) >= 11 is 0. The van der Waals surface area contributed by atoms with E-state index in [0.717, 1.165) is 23.4 Å². The number of aliphatic hydroxyl groups excluding tert-OH is 1. The van der Waals surface area contributed by atoms with E-state index in [4.69, 9.17) is 33.5 Å². The molecular formula is C26H38FNO7. The molecule has 0 radical (unpaired) electrons. The highest BCUT2D eigenvalue weighted by Gasteiger charge is 2.00. The fourth-order valence-corrected chi connectivity index (χ4v) is 2.92. The zero-order valence-corrected chi connectivity index (χ0v) is 20.3.